The molecule has 26 heavy (non-hydrogen) atoms. The Morgan fingerprint density at radius 1 is 1.35 bits per heavy atom. The highest BCUT2D eigenvalue weighted by atomic mass is 16.5. The molecule has 0 bridgehead atoms. The zero-order valence-corrected chi connectivity index (χ0v) is 13.7. The van der Waals surface area contributed by atoms with Crippen LogP contribution in [0.1, 0.15) is 33.3 Å². The number of rotatable bonds is 5. The van der Waals surface area contributed by atoms with E-state index < -0.39 is 5.97 Å². The summed E-state index contributed by atoms with van der Waals surface area (Å²) in [6.07, 6.45) is 0. The molecule has 130 valence electrons. The van der Waals surface area contributed by atoms with E-state index in [0.717, 1.165) is 18.7 Å². The number of benzene rings is 2. The maximum absolute atomic E-state index is 11.0. The van der Waals surface area contributed by atoms with Crippen LogP contribution < -0.4 is 10.1 Å². The second-order valence-corrected chi connectivity index (χ2v) is 6.11. The molecule has 2 aromatic carbocycles. The molecular formula is C19H15N3O4. The van der Waals surface area contributed by atoms with Gasteiger partial charge >= 0.3 is 5.97 Å². The molecule has 4 rings (SSSR count). The summed E-state index contributed by atoms with van der Waals surface area (Å²) in [7, 11) is 0. The monoisotopic (exact) mass is 349 g/mol. The number of hydrogen-bond acceptors (Lipinski definition) is 6. The first kappa shape index (κ1) is 16.1. The zero-order valence-electron chi connectivity index (χ0n) is 13.7. The number of carbonyl (C=O) groups is 1. The molecule has 1 saturated heterocycles. The van der Waals surface area contributed by atoms with Crippen molar-refractivity contribution in [3.8, 4) is 11.8 Å². The molecule has 1 aliphatic heterocycles. The lowest BCUT2D eigenvalue weighted by Gasteiger charge is -2.27. The molecule has 1 aromatic heterocycles. The third-order valence-electron chi connectivity index (χ3n) is 4.41. The summed E-state index contributed by atoms with van der Waals surface area (Å²) < 4.78 is 11.2. The second kappa shape index (κ2) is 6.50. The molecule has 0 radical (unpaired) electrons. The molecule has 0 unspecified atom stereocenters. The topological polar surface area (TPSA) is 108 Å². The van der Waals surface area contributed by atoms with E-state index in [0.29, 0.717) is 34.2 Å². The van der Waals surface area contributed by atoms with Gasteiger partial charge in [-0.25, -0.2) is 9.78 Å². The lowest BCUT2D eigenvalue weighted by molar-refractivity contribution is 0.0697. The average molecular weight is 349 g/mol. The summed E-state index contributed by atoms with van der Waals surface area (Å²) in [4.78, 5) is 15.3. The summed E-state index contributed by atoms with van der Waals surface area (Å²) in [5, 5.41) is 21.6. The Labute approximate surface area is 148 Å². The molecule has 3 aromatic rings. The van der Waals surface area contributed by atoms with E-state index in [2.05, 4.69) is 16.4 Å². The van der Waals surface area contributed by atoms with Crippen LogP contribution in [-0.4, -0.2) is 29.1 Å². The van der Waals surface area contributed by atoms with Crippen LogP contribution in [0.2, 0.25) is 0 Å². The Bertz CT molecular complexity index is 1030. The highest BCUT2D eigenvalue weighted by Gasteiger charge is 2.20. The summed E-state index contributed by atoms with van der Waals surface area (Å²) in [6.45, 7) is 1.90. The van der Waals surface area contributed by atoms with Crippen molar-refractivity contribution in [2.75, 3.05) is 13.1 Å². The van der Waals surface area contributed by atoms with Crippen LogP contribution in [0.15, 0.2) is 40.8 Å². The van der Waals surface area contributed by atoms with E-state index >= 15 is 0 Å². The minimum atomic E-state index is -1.03. The number of aromatic carboxylic acids is 1. The van der Waals surface area contributed by atoms with Gasteiger partial charge in [0.25, 0.3) is 0 Å². The number of carboxylic acid groups (broad SMARTS) is 1. The van der Waals surface area contributed by atoms with E-state index in [9.17, 15) is 10.1 Å². The molecule has 1 aliphatic rings. The molecule has 0 spiro atoms. The number of hydrogen-bond donors (Lipinski definition) is 2. The maximum Gasteiger partial charge on any atom is 0.335 e. The number of oxazole rings is 1. The SMILES string of the molecule is N#Cc1cc(C2CNC2)ccc1OCc1nc2ccc(C(=O)O)cc2o1. The fourth-order valence-electron chi connectivity index (χ4n) is 2.85. The van der Waals surface area contributed by atoms with Gasteiger partial charge in [0.1, 0.15) is 17.3 Å². The number of carboxylic acids is 1. The lowest BCUT2D eigenvalue weighted by Crippen LogP contribution is -2.39. The molecular weight excluding hydrogens is 334 g/mol. The fourth-order valence-corrected chi connectivity index (χ4v) is 2.85. The van der Waals surface area contributed by atoms with E-state index in [1.54, 1.807) is 12.1 Å². The third kappa shape index (κ3) is 2.98. The van der Waals surface area contributed by atoms with Gasteiger partial charge in [-0.3, -0.25) is 0 Å². The van der Waals surface area contributed by atoms with E-state index in [4.69, 9.17) is 14.3 Å². The van der Waals surface area contributed by atoms with Crippen LogP contribution in [0.3, 0.4) is 0 Å². The fraction of sp³-hybridized carbons (Fsp3) is 0.211. The Morgan fingerprint density at radius 2 is 2.19 bits per heavy atom. The van der Waals surface area contributed by atoms with Crippen LogP contribution in [0, 0.1) is 11.3 Å². The molecule has 0 saturated carbocycles. The van der Waals surface area contributed by atoms with Gasteiger partial charge in [-0.1, -0.05) is 6.07 Å². The van der Waals surface area contributed by atoms with Gasteiger partial charge in [0.15, 0.2) is 12.2 Å². The van der Waals surface area contributed by atoms with E-state index in [-0.39, 0.29) is 12.2 Å². The first-order valence-corrected chi connectivity index (χ1v) is 8.14. The standard InChI is InChI=1S/C19H15N3O4/c20-7-13-5-11(14-8-21-9-14)2-4-16(13)25-10-18-22-15-3-1-12(19(23)24)6-17(15)26-18/h1-6,14,21H,8-10H2,(H,23,24). The molecule has 7 heteroatoms. The van der Waals surface area contributed by atoms with Gasteiger partial charge in [-0.2, -0.15) is 5.26 Å². The van der Waals surface area contributed by atoms with Gasteiger partial charge in [0, 0.05) is 19.0 Å². The predicted molar refractivity (Wildman–Crippen MR) is 92.1 cm³/mol. The zero-order chi connectivity index (χ0) is 18.1. The molecule has 0 atom stereocenters. The van der Waals surface area contributed by atoms with Crippen molar-refractivity contribution in [3.05, 3.63) is 59.0 Å². The van der Waals surface area contributed by atoms with Gasteiger partial charge in [0.05, 0.1) is 11.1 Å². The molecule has 2 N–H and O–H groups in total. The Hall–Kier alpha value is -3.37. The number of nitrogens with zero attached hydrogens (tertiary/aromatic N) is 2. The number of aromatic nitrogens is 1. The Kier molecular flexibility index (Phi) is 4.03. The Balaban J connectivity index is 1.52. The van der Waals surface area contributed by atoms with Crippen molar-refractivity contribution >= 4 is 17.1 Å². The summed E-state index contributed by atoms with van der Waals surface area (Å²) in [5.41, 5.74) is 2.67. The van der Waals surface area contributed by atoms with Gasteiger partial charge in [0.2, 0.25) is 5.89 Å². The van der Waals surface area contributed by atoms with Crippen LogP contribution in [0.5, 0.6) is 5.75 Å². The highest BCUT2D eigenvalue weighted by Crippen LogP contribution is 2.27. The number of fused-ring (bicyclic) bond motifs is 1. The van der Waals surface area contributed by atoms with Gasteiger partial charge in [-0.15, -0.1) is 0 Å². The largest absolute Gasteiger partial charge is 0.482 e. The number of nitriles is 1. The van der Waals surface area contributed by atoms with Crippen LogP contribution in [-0.2, 0) is 6.61 Å². The molecule has 7 nitrogen and oxygen atoms in total. The van der Waals surface area contributed by atoms with Gasteiger partial charge < -0.3 is 19.6 Å². The van der Waals surface area contributed by atoms with E-state index in [1.165, 1.54) is 12.1 Å². The maximum atomic E-state index is 11.0. The summed E-state index contributed by atoms with van der Waals surface area (Å²) >= 11 is 0. The van der Waals surface area contributed by atoms with Crippen molar-refractivity contribution in [1.82, 2.24) is 10.3 Å². The lowest BCUT2D eigenvalue weighted by atomic mass is 9.92. The van der Waals surface area contributed by atoms with Crippen molar-refractivity contribution < 1.29 is 19.1 Å². The van der Waals surface area contributed by atoms with Crippen LogP contribution in [0.4, 0.5) is 0 Å². The van der Waals surface area contributed by atoms with Crippen molar-refractivity contribution in [3.63, 3.8) is 0 Å². The Morgan fingerprint density at radius 3 is 2.88 bits per heavy atom. The van der Waals surface area contributed by atoms with Crippen LogP contribution >= 0.6 is 0 Å². The normalized spacial score (nSPS) is 14.0. The molecule has 0 amide bonds. The summed E-state index contributed by atoms with van der Waals surface area (Å²) in [5.74, 6) is 0.203. The molecule has 0 aliphatic carbocycles. The molecule has 2 heterocycles. The second-order valence-electron chi connectivity index (χ2n) is 6.11. The van der Waals surface area contributed by atoms with Crippen molar-refractivity contribution in [1.29, 1.82) is 5.26 Å². The van der Waals surface area contributed by atoms with Gasteiger partial charge in [-0.05, 0) is 35.9 Å². The van der Waals surface area contributed by atoms with Crippen molar-refractivity contribution in [2.24, 2.45) is 0 Å². The van der Waals surface area contributed by atoms with E-state index in [1.807, 2.05) is 12.1 Å². The number of nitrogens with one attached hydrogen (secondary N) is 1. The average Bonchev–Trinajstić information content (AvgIpc) is 3.00. The minimum absolute atomic E-state index is 0.0517. The quantitative estimate of drug-likeness (QED) is 0.729. The smallest absolute Gasteiger partial charge is 0.335 e. The third-order valence-corrected chi connectivity index (χ3v) is 4.41. The van der Waals surface area contributed by atoms with Crippen LogP contribution in [0.25, 0.3) is 11.1 Å². The molecule has 1 fully saturated rings. The first-order chi connectivity index (χ1) is 12.6. The number of ether oxygens (including phenoxy) is 1. The first-order valence-electron chi connectivity index (χ1n) is 8.14. The van der Waals surface area contributed by atoms with Crippen molar-refractivity contribution in [2.45, 2.75) is 12.5 Å². The predicted octanol–water partition coefficient (Wildman–Crippen LogP) is 2.66. The minimum Gasteiger partial charge on any atom is -0.482 e. The summed E-state index contributed by atoms with van der Waals surface area (Å²) in [6, 6.07) is 12.3. The highest BCUT2D eigenvalue weighted by molar-refractivity contribution is 5.91.